The number of hydrogen-bond acceptors (Lipinski definition) is 7. The van der Waals surface area contributed by atoms with Crippen molar-refractivity contribution in [3.63, 3.8) is 0 Å². The standard InChI is InChI=1S/C26H28BrIN4O5/c1-3-5-23-30-21-7-6-18(27)14-19(21)26(34)32(23)29-15-17-12-20(28)25(22(13-17)36-4-2)37-16-24(33)31-8-10-35-11-9-31/h6-7,12-15H,3-5,8-11,16H2,1-2H3. The van der Waals surface area contributed by atoms with Gasteiger partial charge in [0.1, 0.15) is 5.82 Å². The molecule has 0 bridgehead atoms. The van der Waals surface area contributed by atoms with E-state index >= 15 is 0 Å². The number of ether oxygens (including phenoxy) is 3. The highest BCUT2D eigenvalue weighted by Gasteiger charge is 2.19. The lowest BCUT2D eigenvalue weighted by Crippen LogP contribution is -2.43. The molecule has 1 aromatic heterocycles. The Bertz CT molecular complexity index is 1370. The molecular formula is C26H28BrIN4O5. The van der Waals surface area contributed by atoms with Crippen LogP contribution in [0.3, 0.4) is 0 Å². The highest BCUT2D eigenvalue weighted by atomic mass is 127. The van der Waals surface area contributed by atoms with E-state index < -0.39 is 0 Å². The highest BCUT2D eigenvalue weighted by molar-refractivity contribution is 14.1. The smallest absolute Gasteiger partial charge is 0.282 e. The molecule has 1 aliphatic rings. The van der Waals surface area contributed by atoms with Crippen molar-refractivity contribution < 1.29 is 19.0 Å². The van der Waals surface area contributed by atoms with E-state index in [-0.39, 0.29) is 18.1 Å². The van der Waals surface area contributed by atoms with E-state index in [4.69, 9.17) is 14.2 Å². The molecule has 0 unspecified atom stereocenters. The second-order valence-corrected chi connectivity index (χ2v) is 10.4. The Balaban J connectivity index is 1.62. The zero-order chi connectivity index (χ0) is 26.4. The lowest BCUT2D eigenvalue weighted by molar-refractivity contribution is -0.137. The molecule has 9 nitrogen and oxygen atoms in total. The van der Waals surface area contributed by atoms with Gasteiger partial charge in [-0.15, -0.1) is 0 Å². The number of aromatic nitrogens is 2. The van der Waals surface area contributed by atoms with Gasteiger partial charge in [0.05, 0.1) is 40.5 Å². The Morgan fingerprint density at radius 3 is 2.73 bits per heavy atom. The summed E-state index contributed by atoms with van der Waals surface area (Å²) in [5, 5.41) is 5.00. The summed E-state index contributed by atoms with van der Waals surface area (Å²) >= 11 is 5.58. The van der Waals surface area contributed by atoms with Crippen molar-refractivity contribution in [1.82, 2.24) is 14.6 Å². The minimum Gasteiger partial charge on any atom is -0.490 e. The SMILES string of the molecule is CCCc1nc2ccc(Br)cc2c(=O)n1N=Cc1cc(I)c(OCC(=O)N2CCOCC2)c(OCC)c1. The number of fused-ring (bicyclic) bond motifs is 1. The van der Waals surface area contributed by atoms with Gasteiger partial charge in [0.15, 0.2) is 18.1 Å². The molecule has 0 atom stereocenters. The average molecular weight is 683 g/mol. The molecule has 0 saturated carbocycles. The number of halogens is 2. The van der Waals surface area contributed by atoms with E-state index in [9.17, 15) is 9.59 Å². The monoisotopic (exact) mass is 682 g/mol. The van der Waals surface area contributed by atoms with E-state index in [1.165, 1.54) is 4.68 Å². The van der Waals surface area contributed by atoms with E-state index in [0.717, 1.165) is 20.0 Å². The van der Waals surface area contributed by atoms with Gasteiger partial charge in [-0.3, -0.25) is 9.59 Å². The van der Waals surface area contributed by atoms with Gasteiger partial charge in [0, 0.05) is 24.0 Å². The Kier molecular flexibility index (Phi) is 9.54. The van der Waals surface area contributed by atoms with Crippen molar-refractivity contribution in [3.8, 4) is 11.5 Å². The normalized spacial score (nSPS) is 13.9. The van der Waals surface area contributed by atoms with Crippen LogP contribution < -0.4 is 15.0 Å². The topological polar surface area (TPSA) is 95.3 Å². The van der Waals surface area contributed by atoms with Crippen LogP contribution in [0.15, 0.2) is 44.7 Å². The third-order valence-electron chi connectivity index (χ3n) is 5.71. The Morgan fingerprint density at radius 2 is 2.00 bits per heavy atom. The van der Waals surface area contributed by atoms with Crippen LogP contribution in [-0.2, 0) is 16.0 Å². The van der Waals surface area contributed by atoms with Gasteiger partial charge in [-0.1, -0.05) is 22.9 Å². The van der Waals surface area contributed by atoms with Crippen LogP contribution in [0.1, 0.15) is 31.7 Å². The number of benzene rings is 2. The summed E-state index contributed by atoms with van der Waals surface area (Å²) in [6, 6.07) is 9.11. The predicted octanol–water partition coefficient (Wildman–Crippen LogP) is 4.23. The first kappa shape index (κ1) is 27.5. The van der Waals surface area contributed by atoms with Crippen molar-refractivity contribution in [2.75, 3.05) is 39.5 Å². The number of carbonyl (C=O) groups excluding carboxylic acids is 1. The van der Waals surface area contributed by atoms with Crippen LogP contribution in [0.4, 0.5) is 0 Å². The molecular weight excluding hydrogens is 655 g/mol. The van der Waals surface area contributed by atoms with Crippen molar-refractivity contribution >= 4 is 61.5 Å². The molecule has 0 aliphatic carbocycles. The molecule has 37 heavy (non-hydrogen) atoms. The molecule has 1 saturated heterocycles. The number of amides is 1. The molecule has 4 rings (SSSR count). The number of aryl methyl sites for hydroxylation is 1. The summed E-state index contributed by atoms with van der Waals surface area (Å²) in [6.07, 6.45) is 3.05. The van der Waals surface area contributed by atoms with Crippen LogP contribution in [0.5, 0.6) is 11.5 Å². The lowest BCUT2D eigenvalue weighted by atomic mass is 10.2. The maximum Gasteiger partial charge on any atom is 0.282 e. The second kappa shape index (κ2) is 12.8. The Morgan fingerprint density at radius 1 is 1.22 bits per heavy atom. The van der Waals surface area contributed by atoms with E-state index in [1.54, 1.807) is 23.2 Å². The first-order chi connectivity index (χ1) is 17.9. The Hall–Kier alpha value is -2.51. The summed E-state index contributed by atoms with van der Waals surface area (Å²) in [4.78, 5) is 32.2. The molecule has 196 valence electrons. The fraction of sp³-hybridized carbons (Fsp3) is 0.385. The number of nitrogens with zero attached hydrogens (tertiary/aromatic N) is 4. The minimum atomic E-state index is -0.229. The molecule has 1 fully saturated rings. The first-order valence-corrected chi connectivity index (χ1v) is 14.0. The average Bonchev–Trinajstić information content (AvgIpc) is 2.89. The lowest BCUT2D eigenvalue weighted by Gasteiger charge is -2.27. The fourth-order valence-electron chi connectivity index (χ4n) is 3.93. The maximum absolute atomic E-state index is 13.3. The quantitative estimate of drug-likeness (QED) is 0.248. The summed E-state index contributed by atoms with van der Waals surface area (Å²) < 4.78 is 20.0. The largest absolute Gasteiger partial charge is 0.490 e. The van der Waals surface area contributed by atoms with E-state index in [0.29, 0.717) is 67.6 Å². The van der Waals surface area contributed by atoms with Gasteiger partial charge >= 0.3 is 0 Å². The highest BCUT2D eigenvalue weighted by Crippen LogP contribution is 2.34. The molecule has 1 aliphatic heterocycles. The predicted molar refractivity (Wildman–Crippen MR) is 154 cm³/mol. The molecule has 2 aromatic carbocycles. The van der Waals surface area contributed by atoms with E-state index in [2.05, 4.69) is 48.6 Å². The number of carbonyl (C=O) groups is 1. The van der Waals surface area contributed by atoms with Crippen molar-refractivity contribution in [1.29, 1.82) is 0 Å². The third-order valence-corrected chi connectivity index (χ3v) is 7.00. The maximum atomic E-state index is 13.3. The summed E-state index contributed by atoms with van der Waals surface area (Å²) in [6.45, 7) is 6.45. The van der Waals surface area contributed by atoms with Gasteiger partial charge < -0.3 is 19.1 Å². The van der Waals surface area contributed by atoms with Gasteiger partial charge in [0.2, 0.25) is 0 Å². The van der Waals surface area contributed by atoms with Crippen LogP contribution in [0, 0.1) is 3.57 Å². The van der Waals surface area contributed by atoms with Crippen molar-refractivity contribution in [3.05, 3.63) is 60.1 Å². The van der Waals surface area contributed by atoms with E-state index in [1.807, 2.05) is 32.0 Å². The molecule has 3 aromatic rings. The molecule has 0 radical (unpaired) electrons. The van der Waals surface area contributed by atoms with Crippen LogP contribution in [0.25, 0.3) is 10.9 Å². The summed E-state index contributed by atoms with van der Waals surface area (Å²) in [5.74, 6) is 1.51. The zero-order valence-electron chi connectivity index (χ0n) is 20.7. The molecule has 0 N–H and O–H groups in total. The van der Waals surface area contributed by atoms with Gasteiger partial charge in [0.25, 0.3) is 11.5 Å². The van der Waals surface area contributed by atoms with Crippen LogP contribution in [0.2, 0.25) is 0 Å². The summed E-state index contributed by atoms with van der Waals surface area (Å²) in [7, 11) is 0. The molecule has 11 heteroatoms. The fourth-order valence-corrected chi connectivity index (χ4v) is 5.07. The Labute approximate surface area is 237 Å². The van der Waals surface area contributed by atoms with Crippen LogP contribution >= 0.6 is 38.5 Å². The number of morpholine rings is 1. The molecule has 2 heterocycles. The van der Waals surface area contributed by atoms with Gasteiger partial charge in [-0.05, 0) is 71.8 Å². The molecule has 0 spiro atoms. The minimum absolute atomic E-state index is 0.0857. The van der Waals surface area contributed by atoms with Crippen molar-refractivity contribution in [2.24, 2.45) is 5.10 Å². The zero-order valence-corrected chi connectivity index (χ0v) is 24.5. The van der Waals surface area contributed by atoms with Crippen molar-refractivity contribution in [2.45, 2.75) is 26.7 Å². The first-order valence-electron chi connectivity index (χ1n) is 12.1. The third kappa shape index (κ3) is 6.68. The second-order valence-electron chi connectivity index (χ2n) is 8.35. The van der Waals surface area contributed by atoms with Gasteiger partial charge in [-0.25, -0.2) is 4.98 Å². The number of rotatable bonds is 9. The number of hydrogen-bond donors (Lipinski definition) is 0. The van der Waals surface area contributed by atoms with Gasteiger partial charge in [-0.2, -0.15) is 9.78 Å². The summed E-state index contributed by atoms with van der Waals surface area (Å²) in [5.41, 5.74) is 1.14. The van der Waals surface area contributed by atoms with Crippen LogP contribution in [-0.4, -0.2) is 66.2 Å². The molecule has 1 amide bonds.